The molecular weight excluding hydrogens is 373 g/mol. The van der Waals surface area contributed by atoms with Crippen molar-refractivity contribution in [3.05, 3.63) is 35.4 Å². The molecule has 4 heteroatoms. The number of hydrogen-bond donors (Lipinski definition) is 0. The minimum atomic E-state index is 0.603. The molecular formula is C14H18INS2. The molecule has 0 saturated carbocycles. The number of hydrogen-bond acceptors (Lipinski definition) is 2. The van der Waals surface area contributed by atoms with Gasteiger partial charge >= 0.3 is 0 Å². The monoisotopic (exact) mass is 391 g/mol. The number of nitrogens with zero attached hydrogens (tertiary/aromatic N) is 1. The molecule has 1 aliphatic rings. The van der Waals surface area contributed by atoms with E-state index in [0.29, 0.717) is 11.2 Å². The fraction of sp³-hybridized carbons (Fsp3) is 0.500. The van der Waals surface area contributed by atoms with E-state index in [1.807, 2.05) is 11.8 Å². The van der Waals surface area contributed by atoms with Crippen LogP contribution in [0.2, 0.25) is 0 Å². The van der Waals surface area contributed by atoms with E-state index < -0.39 is 0 Å². The molecule has 1 aromatic carbocycles. The first-order chi connectivity index (χ1) is 8.60. The molecule has 0 amide bonds. The predicted octanol–water partition coefficient (Wildman–Crippen LogP) is 4.45. The summed E-state index contributed by atoms with van der Waals surface area (Å²) in [6.07, 6.45) is 0. The molecule has 1 heterocycles. The lowest BCUT2D eigenvalue weighted by atomic mass is 10.0. The van der Waals surface area contributed by atoms with Gasteiger partial charge in [0.25, 0.3) is 0 Å². The standard InChI is InChI=1S/C14H18INS2/c1-10(2)12-5-3-11(4-6-12)8-16-9-13(7-15)18-14(16)17/h3-6,10,13H,7-9H2,1-2H3. The SMILES string of the molecule is CC(C)c1ccc(CN2CC(CI)SC2=S)cc1. The molecule has 18 heavy (non-hydrogen) atoms. The molecule has 0 spiro atoms. The Balaban J connectivity index is 1.99. The minimum Gasteiger partial charge on any atom is -0.352 e. The zero-order valence-electron chi connectivity index (χ0n) is 10.7. The summed E-state index contributed by atoms with van der Waals surface area (Å²) in [5.41, 5.74) is 2.76. The first-order valence-electron chi connectivity index (χ1n) is 6.20. The molecule has 1 atom stereocenters. The summed E-state index contributed by atoms with van der Waals surface area (Å²) in [4.78, 5) is 2.33. The van der Waals surface area contributed by atoms with E-state index in [4.69, 9.17) is 12.2 Å². The highest BCUT2D eigenvalue weighted by molar-refractivity contribution is 14.1. The summed E-state index contributed by atoms with van der Waals surface area (Å²) >= 11 is 9.73. The van der Waals surface area contributed by atoms with Gasteiger partial charge in [-0.05, 0) is 17.0 Å². The van der Waals surface area contributed by atoms with Crippen LogP contribution in [-0.2, 0) is 6.54 Å². The molecule has 1 aliphatic heterocycles. The van der Waals surface area contributed by atoms with Crippen LogP contribution in [0.4, 0.5) is 0 Å². The van der Waals surface area contributed by atoms with Gasteiger partial charge in [0.15, 0.2) is 0 Å². The Bertz CT molecular complexity index is 416. The highest BCUT2D eigenvalue weighted by Crippen LogP contribution is 2.28. The van der Waals surface area contributed by atoms with Gasteiger partial charge in [0, 0.05) is 22.8 Å². The van der Waals surface area contributed by atoms with Crippen molar-refractivity contribution in [2.45, 2.75) is 31.6 Å². The number of thiocarbonyl (C=S) groups is 1. The van der Waals surface area contributed by atoms with E-state index in [1.54, 1.807) is 0 Å². The third-order valence-corrected chi connectivity index (χ3v) is 6.46. The maximum absolute atomic E-state index is 5.44. The van der Waals surface area contributed by atoms with E-state index >= 15 is 0 Å². The van der Waals surface area contributed by atoms with Gasteiger partial charge in [-0.2, -0.15) is 0 Å². The van der Waals surface area contributed by atoms with Gasteiger partial charge in [0.2, 0.25) is 0 Å². The smallest absolute Gasteiger partial charge is 0.137 e. The average Bonchev–Trinajstić information content (AvgIpc) is 2.71. The van der Waals surface area contributed by atoms with Gasteiger partial charge in [-0.25, -0.2) is 0 Å². The van der Waals surface area contributed by atoms with Crippen LogP contribution in [-0.4, -0.2) is 25.4 Å². The van der Waals surface area contributed by atoms with Crippen molar-refractivity contribution in [1.82, 2.24) is 4.90 Å². The van der Waals surface area contributed by atoms with Gasteiger partial charge in [-0.3, -0.25) is 0 Å². The highest BCUT2D eigenvalue weighted by atomic mass is 127. The third-order valence-electron chi connectivity index (χ3n) is 3.14. The van der Waals surface area contributed by atoms with Crippen molar-refractivity contribution in [1.29, 1.82) is 0 Å². The van der Waals surface area contributed by atoms with Crippen molar-refractivity contribution in [2.24, 2.45) is 0 Å². The van der Waals surface area contributed by atoms with E-state index in [0.717, 1.165) is 17.4 Å². The van der Waals surface area contributed by atoms with Crippen LogP contribution in [0.15, 0.2) is 24.3 Å². The van der Waals surface area contributed by atoms with E-state index in [-0.39, 0.29) is 0 Å². The summed E-state index contributed by atoms with van der Waals surface area (Å²) in [6, 6.07) is 8.95. The van der Waals surface area contributed by atoms with Gasteiger partial charge in [-0.1, -0.05) is 84.7 Å². The first kappa shape index (κ1) is 14.6. The van der Waals surface area contributed by atoms with Crippen molar-refractivity contribution in [3.8, 4) is 0 Å². The van der Waals surface area contributed by atoms with Crippen molar-refractivity contribution < 1.29 is 0 Å². The number of halogens is 1. The summed E-state index contributed by atoms with van der Waals surface area (Å²) in [5.74, 6) is 0.603. The number of thioether (sulfide) groups is 1. The fourth-order valence-corrected chi connectivity index (χ4v) is 4.27. The number of alkyl halides is 1. The second-order valence-corrected chi connectivity index (χ2v) is 7.75. The number of rotatable bonds is 4. The molecule has 0 radical (unpaired) electrons. The normalized spacial score (nSPS) is 19.9. The molecule has 0 N–H and O–H groups in total. The molecule has 1 saturated heterocycles. The van der Waals surface area contributed by atoms with Crippen LogP contribution in [0.1, 0.15) is 30.9 Å². The van der Waals surface area contributed by atoms with Crippen LogP contribution in [0.3, 0.4) is 0 Å². The van der Waals surface area contributed by atoms with E-state index in [2.05, 4.69) is 65.6 Å². The Morgan fingerprint density at radius 2 is 2.06 bits per heavy atom. The maximum atomic E-state index is 5.44. The molecule has 0 aromatic heterocycles. The van der Waals surface area contributed by atoms with Crippen LogP contribution in [0.25, 0.3) is 0 Å². The predicted molar refractivity (Wildman–Crippen MR) is 93.8 cm³/mol. The van der Waals surface area contributed by atoms with Crippen molar-refractivity contribution in [2.75, 3.05) is 11.0 Å². The topological polar surface area (TPSA) is 3.24 Å². The average molecular weight is 391 g/mol. The Hall–Kier alpha value is 0.190. The Labute approximate surface area is 133 Å². The molecule has 1 nitrogen and oxygen atoms in total. The van der Waals surface area contributed by atoms with Crippen LogP contribution in [0.5, 0.6) is 0 Å². The largest absolute Gasteiger partial charge is 0.352 e. The third kappa shape index (κ3) is 3.61. The zero-order chi connectivity index (χ0) is 13.1. The molecule has 1 fully saturated rings. The summed E-state index contributed by atoms with van der Waals surface area (Å²) in [7, 11) is 0. The summed E-state index contributed by atoms with van der Waals surface area (Å²) in [5, 5.41) is 0.674. The van der Waals surface area contributed by atoms with Gasteiger partial charge in [0.05, 0.1) is 0 Å². The van der Waals surface area contributed by atoms with Gasteiger partial charge in [-0.15, -0.1) is 0 Å². The lowest BCUT2D eigenvalue weighted by Gasteiger charge is -2.17. The molecule has 0 aliphatic carbocycles. The lowest BCUT2D eigenvalue weighted by molar-refractivity contribution is 0.445. The van der Waals surface area contributed by atoms with Crippen LogP contribution in [0, 0.1) is 0 Å². The lowest BCUT2D eigenvalue weighted by Crippen LogP contribution is -2.24. The number of benzene rings is 1. The molecule has 1 aromatic rings. The van der Waals surface area contributed by atoms with Gasteiger partial charge < -0.3 is 4.90 Å². The summed E-state index contributed by atoms with van der Waals surface area (Å²) in [6.45, 7) is 6.51. The second kappa shape index (κ2) is 6.57. The minimum absolute atomic E-state index is 0.603. The van der Waals surface area contributed by atoms with E-state index in [1.165, 1.54) is 15.6 Å². The Morgan fingerprint density at radius 1 is 1.39 bits per heavy atom. The second-order valence-electron chi connectivity index (χ2n) is 4.94. The quantitative estimate of drug-likeness (QED) is 0.424. The Kier molecular flexibility index (Phi) is 5.33. The van der Waals surface area contributed by atoms with Gasteiger partial charge in [0.1, 0.15) is 4.32 Å². The molecule has 98 valence electrons. The Morgan fingerprint density at radius 3 is 2.56 bits per heavy atom. The van der Waals surface area contributed by atoms with Crippen LogP contribution < -0.4 is 0 Å². The molecule has 0 bridgehead atoms. The van der Waals surface area contributed by atoms with Crippen LogP contribution >= 0.6 is 46.6 Å². The van der Waals surface area contributed by atoms with Crippen molar-refractivity contribution in [3.63, 3.8) is 0 Å². The highest BCUT2D eigenvalue weighted by Gasteiger charge is 2.26. The fourth-order valence-electron chi connectivity index (χ4n) is 2.01. The molecule has 2 rings (SSSR count). The van der Waals surface area contributed by atoms with E-state index in [9.17, 15) is 0 Å². The zero-order valence-corrected chi connectivity index (χ0v) is 14.5. The summed E-state index contributed by atoms with van der Waals surface area (Å²) < 4.78 is 2.23. The van der Waals surface area contributed by atoms with Crippen molar-refractivity contribution >= 4 is 50.9 Å². The maximum Gasteiger partial charge on any atom is 0.137 e. The first-order valence-corrected chi connectivity index (χ1v) is 9.02. The molecule has 1 unspecified atom stereocenters.